The maximum Gasteiger partial charge on any atom is 0.326 e. The van der Waals surface area contributed by atoms with Crippen LogP contribution in [0.3, 0.4) is 0 Å². The number of anilines is 1. The van der Waals surface area contributed by atoms with E-state index in [0.717, 1.165) is 6.26 Å². The lowest BCUT2D eigenvalue weighted by atomic mass is 10.2. The van der Waals surface area contributed by atoms with E-state index >= 15 is 0 Å². The van der Waals surface area contributed by atoms with E-state index in [4.69, 9.17) is 5.11 Å². The van der Waals surface area contributed by atoms with Gasteiger partial charge < -0.3 is 5.11 Å². The number of carboxylic acid groups (broad SMARTS) is 1. The van der Waals surface area contributed by atoms with Gasteiger partial charge in [-0.25, -0.2) is 13.2 Å². The Morgan fingerprint density at radius 3 is 2.37 bits per heavy atom. The topological polar surface area (TPSA) is 91.8 Å². The average Bonchev–Trinajstić information content (AvgIpc) is 2.70. The molecule has 0 spiro atoms. The van der Waals surface area contributed by atoms with E-state index in [1.807, 2.05) is 0 Å². The van der Waals surface area contributed by atoms with E-state index < -0.39 is 21.8 Å². The molecule has 1 saturated heterocycles. The third-order valence-electron chi connectivity index (χ3n) is 3.04. The SMILES string of the molecule is CS(=O)(=O)c1ccc(N2C(=O)CC[C@H]2C(=O)O)cc1. The fourth-order valence-electron chi connectivity index (χ4n) is 2.10. The highest BCUT2D eigenvalue weighted by atomic mass is 32.2. The molecular weight excluding hydrogens is 270 g/mol. The maximum atomic E-state index is 11.7. The Hall–Kier alpha value is -1.89. The second-order valence-electron chi connectivity index (χ2n) is 4.42. The lowest BCUT2D eigenvalue weighted by Crippen LogP contribution is -2.38. The summed E-state index contributed by atoms with van der Waals surface area (Å²) >= 11 is 0. The van der Waals surface area contributed by atoms with Crippen LogP contribution < -0.4 is 4.90 Å². The third kappa shape index (κ3) is 2.60. The van der Waals surface area contributed by atoms with Crippen LogP contribution in [0.5, 0.6) is 0 Å². The van der Waals surface area contributed by atoms with Crippen molar-refractivity contribution in [2.75, 3.05) is 11.2 Å². The van der Waals surface area contributed by atoms with Crippen molar-refractivity contribution in [2.45, 2.75) is 23.8 Å². The van der Waals surface area contributed by atoms with Crippen molar-refractivity contribution in [3.63, 3.8) is 0 Å². The Kier molecular flexibility index (Phi) is 3.32. The monoisotopic (exact) mass is 283 g/mol. The van der Waals surface area contributed by atoms with E-state index in [1.54, 1.807) is 0 Å². The van der Waals surface area contributed by atoms with Crippen molar-refractivity contribution in [1.29, 1.82) is 0 Å². The van der Waals surface area contributed by atoms with Gasteiger partial charge in [-0.15, -0.1) is 0 Å². The molecule has 1 heterocycles. The van der Waals surface area contributed by atoms with E-state index in [1.165, 1.54) is 29.2 Å². The van der Waals surface area contributed by atoms with Crippen LogP contribution in [-0.4, -0.2) is 37.7 Å². The minimum atomic E-state index is -3.31. The number of aliphatic carboxylic acids is 1. The van der Waals surface area contributed by atoms with Crippen LogP contribution in [0.4, 0.5) is 5.69 Å². The van der Waals surface area contributed by atoms with E-state index in [2.05, 4.69) is 0 Å². The smallest absolute Gasteiger partial charge is 0.326 e. The minimum absolute atomic E-state index is 0.134. The van der Waals surface area contributed by atoms with E-state index in [-0.39, 0.29) is 23.6 Å². The number of nitrogens with zero attached hydrogens (tertiary/aromatic N) is 1. The molecule has 6 nitrogen and oxygen atoms in total. The van der Waals surface area contributed by atoms with Gasteiger partial charge in [0, 0.05) is 18.4 Å². The van der Waals surface area contributed by atoms with Crippen molar-refractivity contribution in [1.82, 2.24) is 0 Å². The molecule has 7 heteroatoms. The minimum Gasteiger partial charge on any atom is -0.480 e. The van der Waals surface area contributed by atoms with Gasteiger partial charge in [0.15, 0.2) is 9.84 Å². The van der Waals surface area contributed by atoms with Crippen molar-refractivity contribution in [3.8, 4) is 0 Å². The van der Waals surface area contributed by atoms with Gasteiger partial charge in [0.05, 0.1) is 4.90 Å². The molecule has 1 fully saturated rings. The molecule has 102 valence electrons. The first kappa shape index (κ1) is 13.5. The van der Waals surface area contributed by atoms with Crippen LogP contribution in [0.25, 0.3) is 0 Å². The molecule has 0 unspecified atom stereocenters. The van der Waals surface area contributed by atoms with Crippen molar-refractivity contribution < 1.29 is 23.1 Å². The van der Waals surface area contributed by atoms with Crippen LogP contribution in [0.15, 0.2) is 29.2 Å². The van der Waals surface area contributed by atoms with Crippen molar-refractivity contribution in [3.05, 3.63) is 24.3 Å². The first-order chi connectivity index (χ1) is 8.80. The number of benzene rings is 1. The summed E-state index contributed by atoms with van der Waals surface area (Å²) in [6.07, 6.45) is 1.54. The summed E-state index contributed by atoms with van der Waals surface area (Å²) in [4.78, 5) is 24.1. The number of sulfone groups is 1. The number of hydrogen-bond donors (Lipinski definition) is 1. The maximum absolute atomic E-state index is 11.7. The lowest BCUT2D eigenvalue weighted by Gasteiger charge is -2.21. The Bertz CT molecular complexity index is 620. The van der Waals surface area contributed by atoms with Crippen LogP contribution in [0.2, 0.25) is 0 Å². The molecule has 0 saturated carbocycles. The normalized spacial score (nSPS) is 19.7. The number of carbonyl (C=O) groups is 2. The number of carboxylic acids is 1. The molecule has 1 aliphatic rings. The molecule has 0 aliphatic carbocycles. The fourth-order valence-corrected chi connectivity index (χ4v) is 2.73. The van der Waals surface area contributed by atoms with Crippen LogP contribution in [0, 0.1) is 0 Å². The molecule has 0 aromatic heterocycles. The van der Waals surface area contributed by atoms with E-state index in [0.29, 0.717) is 5.69 Å². The quantitative estimate of drug-likeness (QED) is 0.880. The summed E-state index contributed by atoms with van der Waals surface area (Å²) in [5.74, 6) is -1.32. The fraction of sp³-hybridized carbons (Fsp3) is 0.333. The van der Waals surface area contributed by atoms with Gasteiger partial charge in [0.1, 0.15) is 6.04 Å². The Morgan fingerprint density at radius 2 is 1.89 bits per heavy atom. The van der Waals surface area contributed by atoms with Gasteiger partial charge in [-0.05, 0) is 30.7 Å². The molecule has 0 radical (unpaired) electrons. The molecule has 0 bridgehead atoms. The van der Waals surface area contributed by atoms with Gasteiger partial charge in [-0.1, -0.05) is 0 Å². The van der Waals surface area contributed by atoms with Crippen LogP contribution in [-0.2, 0) is 19.4 Å². The molecule has 1 atom stereocenters. The molecule has 19 heavy (non-hydrogen) atoms. The molecule has 1 N–H and O–H groups in total. The number of hydrogen-bond acceptors (Lipinski definition) is 4. The molecule has 1 aromatic carbocycles. The highest BCUT2D eigenvalue weighted by Crippen LogP contribution is 2.27. The van der Waals surface area contributed by atoms with Gasteiger partial charge in [0.25, 0.3) is 0 Å². The predicted molar refractivity (Wildman–Crippen MR) is 67.7 cm³/mol. The van der Waals surface area contributed by atoms with E-state index in [9.17, 15) is 18.0 Å². The van der Waals surface area contributed by atoms with Crippen molar-refractivity contribution in [2.24, 2.45) is 0 Å². The predicted octanol–water partition coefficient (Wildman–Crippen LogP) is 0.670. The summed E-state index contributed by atoms with van der Waals surface area (Å²) in [5.41, 5.74) is 0.405. The Morgan fingerprint density at radius 1 is 1.32 bits per heavy atom. The van der Waals surface area contributed by atoms with Gasteiger partial charge >= 0.3 is 5.97 Å². The largest absolute Gasteiger partial charge is 0.480 e. The zero-order valence-electron chi connectivity index (χ0n) is 10.2. The van der Waals surface area contributed by atoms with Crippen molar-refractivity contribution >= 4 is 27.4 Å². The van der Waals surface area contributed by atoms with Gasteiger partial charge in [-0.2, -0.15) is 0 Å². The highest BCUT2D eigenvalue weighted by molar-refractivity contribution is 7.90. The summed E-state index contributed by atoms with van der Waals surface area (Å²) in [7, 11) is -3.31. The second kappa shape index (κ2) is 4.65. The number of amides is 1. The van der Waals surface area contributed by atoms with Crippen LogP contribution >= 0.6 is 0 Å². The molecule has 1 aliphatic heterocycles. The standard InChI is InChI=1S/C12H13NO5S/c1-19(17,18)9-4-2-8(3-5-9)13-10(12(15)16)6-7-11(13)14/h2-5,10H,6-7H2,1H3,(H,15,16)/t10-/m0/s1. The number of rotatable bonds is 3. The molecule has 1 amide bonds. The Balaban J connectivity index is 2.36. The first-order valence-corrected chi connectivity index (χ1v) is 7.55. The lowest BCUT2D eigenvalue weighted by molar-refractivity contribution is -0.138. The Labute approximate surface area is 110 Å². The highest BCUT2D eigenvalue weighted by Gasteiger charge is 2.37. The van der Waals surface area contributed by atoms with Crippen LogP contribution in [0.1, 0.15) is 12.8 Å². The zero-order valence-corrected chi connectivity index (χ0v) is 11.1. The molecular formula is C12H13NO5S. The summed E-state index contributed by atoms with van der Waals surface area (Å²) in [6.45, 7) is 0. The second-order valence-corrected chi connectivity index (χ2v) is 6.44. The average molecular weight is 283 g/mol. The third-order valence-corrected chi connectivity index (χ3v) is 4.17. The summed E-state index contributed by atoms with van der Waals surface area (Å²) in [5, 5.41) is 9.06. The number of carbonyl (C=O) groups excluding carboxylic acids is 1. The van der Waals surface area contributed by atoms with Gasteiger partial charge in [0.2, 0.25) is 5.91 Å². The summed E-state index contributed by atoms with van der Waals surface area (Å²) < 4.78 is 22.7. The van der Waals surface area contributed by atoms with Gasteiger partial charge in [-0.3, -0.25) is 9.69 Å². The first-order valence-electron chi connectivity index (χ1n) is 5.65. The zero-order chi connectivity index (χ0) is 14.2. The summed E-state index contributed by atoms with van der Waals surface area (Å²) in [6, 6.07) is 4.77. The molecule has 1 aromatic rings. The molecule has 2 rings (SSSR count).